The Hall–Kier alpha value is -2.30. The van der Waals surface area contributed by atoms with E-state index >= 15 is 0 Å². The first kappa shape index (κ1) is 15.6. The fourth-order valence-electron chi connectivity index (χ4n) is 2.19. The van der Waals surface area contributed by atoms with Crippen LogP contribution in [0.2, 0.25) is 10.0 Å². The fraction of sp³-hybridized carbons (Fsp3) is 0.0588. The van der Waals surface area contributed by atoms with Gasteiger partial charge in [-0.2, -0.15) is 4.98 Å². The van der Waals surface area contributed by atoms with Gasteiger partial charge < -0.3 is 10.6 Å². The van der Waals surface area contributed by atoms with E-state index in [1.807, 2.05) is 24.3 Å². The van der Waals surface area contributed by atoms with Crippen molar-refractivity contribution in [3.05, 3.63) is 65.2 Å². The first-order chi connectivity index (χ1) is 11.2. The summed E-state index contributed by atoms with van der Waals surface area (Å²) in [5.41, 5.74) is 1.57. The highest BCUT2D eigenvalue weighted by Crippen LogP contribution is 2.26. The van der Waals surface area contributed by atoms with Gasteiger partial charge in [-0.15, -0.1) is 6.58 Å². The zero-order chi connectivity index (χ0) is 16.2. The molecule has 0 aliphatic carbocycles. The lowest BCUT2D eigenvalue weighted by Gasteiger charge is -2.11. The Labute approximate surface area is 144 Å². The summed E-state index contributed by atoms with van der Waals surface area (Å²) in [7, 11) is 0. The third kappa shape index (κ3) is 3.73. The third-order valence-corrected chi connectivity index (χ3v) is 3.57. The largest absolute Gasteiger partial charge is 0.366 e. The Kier molecular flexibility index (Phi) is 4.65. The van der Waals surface area contributed by atoms with Crippen LogP contribution in [0.1, 0.15) is 0 Å². The average molecular weight is 345 g/mol. The lowest BCUT2D eigenvalue weighted by molar-refractivity contribution is 1.18. The number of hydrogen-bond donors (Lipinski definition) is 2. The number of aromatic nitrogens is 2. The smallest absolute Gasteiger partial charge is 0.229 e. The summed E-state index contributed by atoms with van der Waals surface area (Å²) in [4.78, 5) is 9.05. The predicted octanol–water partition coefficient (Wildman–Crippen LogP) is 5.28. The summed E-state index contributed by atoms with van der Waals surface area (Å²) in [5, 5.41) is 8.40. The first-order valence-electron chi connectivity index (χ1n) is 7.00. The third-order valence-electron chi connectivity index (χ3n) is 3.14. The van der Waals surface area contributed by atoms with E-state index in [0.29, 0.717) is 22.5 Å². The Balaban J connectivity index is 2.01. The second kappa shape index (κ2) is 6.86. The van der Waals surface area contributed by atoms with E-state index in [9.17, 15) is 0 Å². The van der Waals surface area contributed by atoms with Crippen molar-refractivity contribution in [2.75, 3.05) is 17.2 Å². The minimum absolute atomic E-state index is 0.466. The van der Waals surface area contributed by atoms with Crippen molar-refractivity contribution in [1.29, 1.82) is 0 Å². The topological polar surface area (TPSA) is 49.8 Å². The minimum atomic E-state index is 0.466. The van der Waals surface area contributed by atoms with Crippen molar-refractivity contribution in [2.24, 2.45) is 0 Å². The van der Waals surface area contributed by atoms with Gasteiger partial charge in [0, 0.05) is 27.7 Å². The normalized spacial score (nSPS) is 10.5. The van der Waals surface area contributed by atoms with E-state index in [2.05, 4.69) is 27.2 Å². The standard InChI is InChI=1S/C17H14Cl2N4/c1-2-7-20-16-14-5-3-4-6-15(14)22-17(23-16)21-13-9-11(18)8-12(19)10-13/h2-6,8-10H,1,7H2,(H2,20,21,22,23). The molecule has 0 saturated carbocycles. The van der Waals surface area contributed by atoms with Crippen LogP contribution in [-0.2, 0) is 0 Å². The van der Waals surface area contributed by atoms with E-state index < -0.39 is 0 Å². The van der Waals surface area contributed by atoms with Crippen LogP contribution < -0.4 is 10.6 Å². The van der Waals surface area contributed by atoms with Crippen LogP contribution in [0.25, 0.3) is 10.9 Å². The fourth-order valence-corrected chi connectivity index (χ4v) is 2.72. The van der Waals surface area contributed by atoms with Gasteiger partial charge in [0.05, 0.1) is 5.52 Å². The molecule has 0 aliphatic rings. The zero-order valence-electron chi connectivity index (χ0n) is 12.2. The number of nitrogens with zero attached hydrogens (tertiary/aromatic N) is 2. The summed E-state index contributed by atoms with van der Waals surface area (Å²) in [6.07, 6.45) is 1.78. The molecule has 0 radical (unpaired) electrons. The van der Waals surface area contributed by atoms with Crippen LogP contribution in [-0.4, -0.2) is 16.5 Å². The molecule has 0 unspecified atom stereocenters. The number of hydrogen-bond acceptors (Lipinski definition) is 4. The number of rotatable bonds is 5. The SMILES string of the molecule is C=CCNc1nc(Nc2cc(Cl)cc(Cl)c2)nc2ccccc12. The van der Waals surface area contributed by atoms with Gasteiger partial charge in [0.25, 0.3) is 0 Å². The number of halogens is 2. The van der Waals surface area contributed by atoms with Crippen LogP contribution in [0.3, 0.4) is 0 Å². The summed E-state index contributed by atoms with van der Waals surface area (Å²) in [5.74, 6) is 1.21. The van der Waals surface area contributed by atoms with Crippen molar-refractivity contribution >= 4 is 51.6 Å². The lowest BCUT2D eigenvalue weighted by Crippen LogP contribution is -2.05. The van der Waals surface area contributed by atoms with Gasteiger partial charge in [0.2, 0.25) is 5.95 Å². The molecule has 0 atom stereocenters. The second-order valence-corrected chi connectivity index (χ2v) is 5.74. The number of anilines is 3. The van der Waals surface area contributed by atoms with Crippen LogP contribution in [0, 0.1) is 0 Å². The Morgan fingerprint density at radius 1 is 1.04 bits per heavy atom. The zero-order valence-corrected chi connectivity index (χ0v) is 13.7. The molecular weight excluding hydrogens is 331 g/mol. The highest BCUT2D eigenvalue weighted by Gasteiger charge is 2.08. The molecule has 3 aromatic rings. The molecule has 0 fully saturated rings. The molecule has 0 aliphatic heterocycles. The van der Waals surface area contributed by atoms with E-state index in [0.717, 1.165) is 22.4 Å². The van der Waals surface area contributed by atoms with Gasteiger partial charge in [0.1, 0.15) is 5.82 Å². The molecule has 116 valence electrons. The quantitative estimate of drug-likeness (QED) is 0.618. The van der Waals surface area contributed by atoms with Crippen molar-refractivity contribution in [3.8, 4) is 0 Å². The molecule has 23 heavy (non-hydrogen) atoms. The second-order valence-electron chi connectivity index (χ2n) is 4.87. The van der Waals surface area contributed by atoms with Crippen molar-refractivity contribution in [1.82, 2.24) is 9.97 Å². The molecule has 0 spiro atoms. The molecule has 4 nitrogen and oxygen atoms in total. The van der Waals surface area contributed by atoms with E-state index in [1.165, 1.54) is 0 Å². The summed E-state index contributed by atoms with van der Waals surface area (Å²) >= 11 is 12.0. The van der Waals surface area contributed by atoms with Crippen LogP contribution in [0.15, 0.2) is 55.1 Å². The Morgan fingerprint density at radius 3 is 2.52 bits per heavy atom. The monoisotopic (exact) mass is 344 g/mol. The Bertz CT molecular complexity index is 844. The number of nitrogens with one attached hydrogen (secondary N) is 2. The average Bonchev–Trinajstić information content (AvgIpc) is 2.51. The van der Waals surface area contributed by atoms with E-state index in [-0.39, 0.29) is 0 Å². The molecule has 0 bridgehead atoms. The predicted molar refractivity (Wildman–Crippen MR) is 98.0 cm³/mol. The van der Waals surface area contributed by atoms with E-state index in [4.69, 9.17) is 23.2 Å². The molecule has 0 saturated heterocycles. The molecule has 1 aromatic heterocycles. The minimum Gasteiger partial charge on any atom is -0.366 e. The summed E-state index contributed by atoms with van der Waals surface area (Å²) < 4.78 is 0. The number of para-hydroxylation sites is 1. The molecule has 2 N–H and O–H groups in total. The van der Waals surface area contributed by atoms with E-state index in [1.54, 1.807) is 24.3 Å². The van der Waals surface area contributed by atoms with Gasteiger partial charge in [-0.25, -0.2) is 4.98 Å². The first-order valence-corrected chi connectivity index (χ1v) is 7.76. The molecule has 0 amide bonds. The van der Waals surface area contributed by atoms with Gasteiger partial charge in [-0.3, -0.25) is 0 Å². The number of fused-ring (bicyclic) bond motifs is 1. The maximum atomic E-state index is 6.02. The lowest BCUT2D eigenvalue weighted by atomic mass is 10.2. The highest BCUT2D eigenvalue weighted by molar-refractivity contribution is 6.35. The van der Waals surface area contributed by atoms with Gasteiger partial charge in [-0.05, 0) is 30.3 Å². The number of benzene rings is 2. The maximum Gasteiger partial charge on any atom is 0.229 e. The van der Waals surface area contributed by atoms with Crippen LogP contribution in [0.5, 0.6) is 0 Å². The van der Waals surface area contributed by atoms with Crippen molar-refractivity contribution in [2.45, 2.75) is 0 Å². The van der Waals surface area contributed by atoms with Gasteiger partial charge in [-0.1, -0.05) is 41.4 Å². The maximum absolute atomic E-state index is 6.02. The molecular formula is C17H14Cl2N4. The highest BCUT2D eigenvalue weighted by atomic mass is 35.5. The summed E-state index contributed by atoms with van der Waals surface area (Å²) in [6.45, 7) is 4.33. The Morgan fingerprint density at radius 2 is 1.78 bits per heavy atom. The van der Waals surface area contributed by atoms with Crippen LogP contribution in [0.4, 0.5) is 17.5 Å². The van der Waals surface area contributed by atoms with Crippen molar-refractivity contribution in [3.63, 3.8) is 0 Å². The molecule has 6 heteroatoms. The van der Waals surface area contributed by atoms with Crippen LogP contribution >= 0.6 is 23.2 Å². The van der Waals surface area contributed by atoms with Gasteiger partial charge in [0.15, 0.2) is 0 Å². The molecule has 1 heterocycles. The summed E-state index contributed by atoms with van der Waals surface area (Å²) in [6, 6.07) is 13.0. The van der Waals surface area contributed by atoms with Crippen molar-refractivity contribution < 1.29 is 0 Å². The van der Waals surface area contributed by atoms with Gasteiger partial charge >= 0.3 is 0 Å². The molecule has 3 rings (SSSR count). The molecule has 2 aromatic carbocycles.